The number of rotatable bonds is 13. The molecule has 0 spiro atoms. The molecule has 4 N–H and O–H groups in total. The van der Waals surface area contributed by atoms with Crippen LogP contribution in [0.4, 0.5) is 11.4 Å². The normalized spacial score (nSPS) is 11.9. The first-order valence-corrected chi connectivity index (χ1v) is 20.5. The number of fused-ring (bicyclic) bond motifs is 2. The Bertz CT molecular complexity index is 2310. The number of benzene rings is 4. The van der Waals surface area contributed by atoms with Crippen molar-refractivity contribution in [2.45, 2.75) is 14.5 Å². The van der Waals surface area contributed by atoms with Gasteiger partial charge in [-0.2, -0.15) is 0 Å². The number of para-hydroxylation sites is 2. The predicted molar refractivity (Wildman–Crippen MR) is 203 cm³/mol. The van der Waals surface area contributed by atoms with Gasteiger partial charge in [-0.1, -0.05) is 47.8 Å². The van der Waals surface area contributed by atoms with Crippen molar-refractivity contribution in [1.29, 1.82) is 0 Å². The topological polar surface area (TPSA) is 211 Å². The molecule has 19 heteroatoms. The Labute approximate surface area is 316 Å². The molecule has 0 aliphatic rings. The van der Waals surface area contributed by atoms with E-state index in [1.165, 1.54) is 94.7 Å². The molecule has 270 valence electrons. The highest BCUT2D eigenvalue weighted by Gasteiger charge is 2.42. The standard InChI is InChI=1S/C34H25N4O10PS4/c39-27(17-50-33-37-23-5-1-3-7-25(23)52-33)35-21-13-9-19(10-14-21)29(41)47-31(43)32(49(44,45)46)48-30(42)20-11-15-22(16-12-20)36-28(40)18-51-34-38-24-6-2-4-8-26(24)53-34/h1-16,32H,17-18H2,(H,35,39)(H,36,40)(H2,44,45,46). The summed E-state index contributed by atoms with van der Waals surface area (Å²) in [6.45, 7) is 0. The van der Waals surface area contributed by atoms with Gasteiger partial charge in [0.25, 0.3) is 5.85 Å². The van der Waals surface area contributed by atoms with Gasteiger partial charge in [0, 0.05) is 11.4 Å². The summed E-state index contributed by atoms with van der Waals surface area (Å²) >= 11 is 5.46. The number of amides is 2. The van der Waals surface area contributed by atoms with Crippen LogP contribution in [0.3, 0.4) is 0 Å². The molecule has 0 aliphatic heterocycles. The summed E-state index contributed by atoms with van der Waals surface area (Å²) in [5, 5.41) is 5.34. The zero-order chi connectivity index (χ0) is 37.5. The Morgan fingerprint density at radius 1 is 0.660 bits per heavy atom. The van der Waals surface area contributed by atoms with E-state index in [-0.39, 0.29) is 34.4 Å². The molecule has 0 saturated carbocycles. The van der Waals surface area contributed by atoms with Gasteiger partial charge in [0.15, 0.2) is 8.68 Å². The Balaban J connectivity index is 0.976. The van der Waals surface area contributed by atoms with E-state index in [0.717, 1.165) is 29.1 Å². The van der Waals surface area contributed by atoms with Crippen LogP contribution in [0.15, 0.2) is 106 Å². The van der Waals surface area contributed by atoms with Crippen molar-refractivity contribution in [1.82, 2.24) is 9.97 Å². The molecule has 0 fully saturated rings. The van der Waals surface area contributed by atoms with E-state index in [9.17, 15) is 38.3 Å². The van der Waals surface area contributed by atoms with Crippen molar-refractivity contribution in [3.8, 4) is 0 Å². The minimum Gasteiger partial charge on any atom is -0.433 e. The molecule has 14 nitrogen and oxygen atoms in total. The monoisotopic (exact) mass is 808 g/mol. The average molecular weight is 809 g/mol. The highest BCUT2D eigenvalue weighted by molar-refractivity contribution is 8.02. The van der Waals surface area contributed by atoms with Crippen molar-refractivity contribution in [2.75, 3.05) is 22.1 Å². The average Bonchev–Trinajstić information content (AvgIpc) is 3.76. The molecular weight excluding hydrogens is 784 g/mol. The van der Waals surface area contributed by atoms with Crippen molar-refractivity contribution >= 4 is 115 Å². The van der Waals surface area contributed by atoms with Gasteiger partial charge in [-0.25, -0.2) is 24.4 Å². The molecule has 1 unspecified atom stereocenters. The minimum absolute atomic E-state index is 0.0703. The van der Waals surface area contributed by atoms with Crippen LogP contribution in [0.2, 0.25) is 0 Å². The molecule has 4 aromatic carbocycles. The maximum atomic E-state index is 12.7. The third-order valence-electron chi connectivity index (χ3n) is 6.93. The van der Waals surface area contributed by atoms with E-state index in [4.69, 9.17) is 4.74 Å². The van der Waals surface area contributed by atoms with Gasteiger partial charge in [-0.3, -0.25) is 14.2 Å². The van der Waals surface area contributed by atoms with E-state index < -0.39 is 31.3 Å². The van der Waals surface area contributed by atoms with Crippen LogP contribution in [0.25, 0.3) is 20.4 Å². The molecule has 0 bridgehead atoms. The Morgan fingerprint density at radius 2 is 1.09 bits per heavy atom. The van der Waals surface area contributed by atoms with Crippen LogP contribution in [-0.4, -0.2) is 66.8 Å². The lowest BCUT2D eigenvalue weighted by Gasteiger charge is -2.17. The maximum absolute atomic E-state index is 12.7. The van der Waals surface area contributed by atoms with E-state index in [2.05, 4.69) is 25.3 Å². The first-order valence-electron chi connectivity index (χ1n) is 15.2. The van der Waals surface area contributed by atoms with Gasteiger partial charge in [0.1, 0.15) is 0 Å². The smallest absolute Gasteiger partial charge is 0.377 e. The first kappa shape index (κ1) is 37.8. The Morgan fingerprint density at radius 3 is 1.53 bits per heavy atom. The lowest BCUT2D eigenvalue weighted by atomic mass is 10.2. The number of ether oxygens (including phenoxy) is 2. The highest BCUT2D eigenvalue weighted by Crippen LogP contribution is 2.43. The molecule has 53 heavy (non-hydrogen) atoms. The minimum atomic E-state index is -5.47. The molecule has 0 radical (unpaired) electrons. The molecule has 2 aromatic heterocycles. The predicted octanol–water partition coefficient (Wildman–Crippen LogP) is 6.41. The SMILES string of the molecule is O=C(CSc1nc2ccccc2s1)Nc1ccc(C(=O)OC(=O)C(OC(=O)c2ccc(NC(=O)CSc3nc4ccccc4s3)cc2)P(=O)(O)O)cc1. The van der Waals surface area contributed by atoms with Crippen molar-refractivity contribution in [2.24, 2.45) is 0 Å². The van der Waals surface area contributed by atoms with E-state index in [1.807, 2.05) is 48.5 Å². The second-order valence-electron chi connectivity index (χ2n) is 10.8. The number of carbonyl (C=O) groups excluding carboxylic acids is 5. The number of thiazole rings is 2. The number of nitrogens with zero attached hydrogens (tertiary/aromatic N) is 2. The highest BCUT2D eigenvalue weighted by atomic mass is 32.2. The van der Waals surface area contributed by atoms with Gasteiger partial charge >= 0.3 is 25.5 Å². The van der Waals surface area contributed by atoms with Gasteiger partial charge in [-0.05, 0) is 72.8 Å². The molecular formula is C34H25N4O10PS4. The number of hydrogen-bond acceptors (Lipinski definition) is 14. The maximum Gasteiger partial charge on any atom is 0.377 e. The molecule has 2 amide bonds. The van der Waals surface area contributed by atoms with E-state index in [1.54, 1.807) is 0 Å². The van der Waals surface area contributed by atoms with Gasteiger partial charge in [0.2, 0.25) is 11.8 Å². The summed E-state index contributed by atoms with van der Waals surface area (Å²) in [6.07, 6.45) is 0. The molecule has 0 saturated heterocycles. The Kier molecular flexibility index (Phi) is 12.0. The number of anilines is 2. The van der Waals surface area contributed by atoms with Crippen LogP contribution in [-0.2, 0) is 28.4 Å². The summed E-state index contributed by atoms with van der Waals surface area (Å²) in [5.74, 6) is -7.65. The largest absolute Gasteiger partial charge is 0.433 e. The summed E-state index contributed by atoms with van der Waals surface area (Å²) in [4.78, 5) is 91.3. The zero-order valence-electron chi connectivity index (χ0n) is 26.9. The van der Waals surface area contributed by atoms with Crippen molar-refractivity contribution in [3.05, 3.63) is 108 Å². The lowest BCUT2D eigenvalue weighted by molar-refractivity contribution is -0.144. The fraction of sp³-hybridized carbons (Fsp3) is 0.0882. The van der Waals surface area contributed by atoms with Gasteiger partial charge < -0.3 is 29.9 Å². The van der Waals surface area contributed by atoms with Crippen molar-refractivity contribution < 1.29 is 47.8 Å². The van der Waals surface area contributed by atoms with Crippen LogP contribution in [0.1, 0.15) is 20.7 Å². The van der Waals surface area contributed by atoms with Crippen LogP contribution < -0.4 is 10.6 Å². The third-order valence-corrected chi connectivity index (χ3v) is 12.2. The zero-order valence-corrected chi connectivity index (χ0v) is 31.0. The molecule has 2 heterocycles. The quantitative estimate of drug-likeness (QED) is 0.0430. The lowest BCUT2D eigenvalue weighted by Crippen LogP contribution is -2.31. The fourth-order valence-electron chi connectivity index (χ4n) is 4.48. The number of esters is 3. The van der Waals surface area contributed by atoms with Crippen LogP contribution in [0.5, 0.6) is 0 Å². The number of nitrogens with one attached hydrogen (secondary N) is 2. The van der Waals surface area contributed by atoms with E-state index in [0.29, 0.717) is 11.4 Å². The summed E-state index contributed by atoms with van der Waals surface area (Å²) in [5.41, 5.74) is 1.94. The van der Waals surface area contributed by atoms with Crippen LogP contribution >= 0.6 is 53.8 Å². The molecule has 1 atom stereocenters. The molecule has 6 aromatic rings. The summed E-state index contributed by atoms with van der Waals surface area (Å²) < 4.78 is 25.0. The third kappa shape index (κ3) is 10.1. The van der Waals surface area contributed by atoms with Crippen molar-refractivity contribution in [3.63, 3.8) is 0 Å². The summed E-state index contributed by atoms with van der Waals surface area (Å²) in [7, 11) is -5.47. The first-order chi connectivity index (χ1) is 25.4. The molecule has 0 aliphatic carbocycles. The molecule has 6 rings (SSSR count). The number of thioether (sulfide) groups is 2. The second kappa shape index (κ2) is 16.8. The number of aromatic nitrogens is 2. The summed E-state index contributed by atoms with van der Waals surface area (Å²) in [6, 6.07) is 25.5. The number of hydrogen-bond donors (Lipinski definition) is 4. The Hall–Kier alpha value is -4.94. The van der Waals surface area contributed by atoms with E-state index >= 15 is 0 Å². The van der Waals surface area contributed by atoms with Gasteiger partial charge in [0.05, 0.1) is 43.1 Å². The van der Waals surface area contributed by atoms with Crippen LogP contribution in [0, 0.1) is 0 Å². The fourth-order valence-corrected chi connectivity index (χ4v) is 8.78. The van der Waals surface area contributed by atoms with Gasteiger partial charge in [-0.15, -0.1) is 22.7 Å². The second-order valence-corrected chi connectivity index (χ2v) is 16.9. The number of carbonyl (C=O) groups is 5.